The van der Waals surface area contributed by atoms with Crippen LogP contribution in [0.1, 0.15) is 20.3 Å². The van der Waals surface area contributed by atoms with E-state index >= 15 is 0 Å². The number of rotatable bonds is 3. The van der Waals surface area contributed by atoms with Crippen molar-refractivity contribution in [2.24, 2.45) is 4.99 Å². The average molecular weight is 208 g/mol. The van der Waals surface area contributed by atoms with E-state index in [0.717, 1.165) is 12.2 Å². The molecule has 0 aliphatic carbocycles. The summed E-state index contributed by atoms with van der Waals surface area (Å²) in [6, 6.07) is -0.501. The van der Waals surface area contributed by atoms with E-state index in [-0.39, 0.29) is 0 Å². The van der Waals surface area contributed by atoms with Crippen LogP contribution >= 0.6 is 11.8 Å². The van der Waals surface area contributed by atoms with Crippen LogP contribution in [0.5, 0.6) is 0 Å². The zero-order valence-electron chi connectivity index (χ0n) is 7.76. The van der Waals surface area contributed by atoms with E-state index in [2.05, 4.69) is 10.3 Å². The number of halogens is 2. The molecule has 2 unspecified atom stereocenters. The zero-order chi connectivity index (χ0) is 9.84. The Bertz CT molecular complexity index is 197. The number of nitrogens with zero attached hydrogens (tertiary/aromatic N) is 1. The molecular weight excluding hydrogens is 194 g/mol. The van der Waals surface area contributed by atoms with Gasteiger partial charge in [-0.25, -0.2) is 8.78 Å². The van der Waals surface area contributed by atoms with Gasteiger partial charge in [-0.15, -0.1) is 0 Å². The Balaban J connectivity index is 2.38. The molecule has 0 amide bonds. The lowest BCUT2D eigenvalue weighted by Crippen LogP contribution is -2.35. The Hall–Kier alpha value is -0.320. The van der Waals surface area contributed by atoms with Gasteiger partial charge in [-0.2, -0.15) is 0 Å². The Morgan fingerprint density at radius 2 is 2.38 bits per heavy atom. The summed E-state index contributed by atoms with van der Waals surface area (Å²) in [5.41, 5.74) is 0. The SMILES string of the molecule is CCC1CSC(NC(C)C(F)F)=N1. The Morgan fingerprint density at radius 1 is 1.69 bits per heavy atom. The maximum atomic E-state index is 12.1. The summed E-state index contributed by atoms with van der Waals surface area (Å²) in [6.07, 6.45) is -1.36. The second-order valence-electron chi connectivity index (χ2n) is 3.07. The molecule has 0 spiro atoms. The molecule has 1 heterocycles. The molecule has 0 aromatic carbocycles. The second-order valence-corrected chi connectivity index (χ2v) is 4.08. The smallest absolute Gasteiger partial charge is 0.258 e. The molecular formula is C8H14F2N2S. The van der Waals surface area contributed by atoms with Crippen LogP contribution in [0.2, 0.25) is 0 Å². The molecule has 0 aromatic rings. The molecule has 0 fully saturated rings. The molecule has 2 atom stereocenters. The minimum absolute atomic E-state index is 0.303. The summed E-state index contributed by atoms with van der Waals surface area (Å²) in [5, 5.41) is 3.37. The third-order valence-corrected chi connectivity index (χ3v) is 2.96. The highest BCUT2D eigenvalue weighted by Gasteiger charge is 2.21. The van der Waals surface area contributed by atoms with Gasteiger partial charge in [0.25, 0.3) is 6.43 Å². The van der Waals surface area contributed by atoms with Gasteiger partial charge in [0.2, 0.25) is 0 Å². The van der Waals surface area contributed by atoms with Gasteiger partial charge in [0.15, 0.2) is 5.17 Å². The van der Waals surface area contributed by atoms with Gasteiger partial charge in [0.05, 0.1) is 12.1 Å². The fourth-order valence-corrected chi connectivity index (χ4v) is 2.11. The summed E-state index contributed by atoms with van der Waals surface area (Å²) < 4.78 is 24.3. The monoisotopic (exact) mass is 208 g/mol. The minimum atomic E-state index is -2.33. The van der Waals surface area contributed by atoms with E-state index in [9.17, 15) is 8.78 Å². The van der Waals surface area contributed by atoms with Gasteiger partial charge < -0.3 is 5.32 Å². The van der Waals surface area contributed by atoms with Gasteiger partial charge in [0.1, 0.15) is 0 Å². The highest BCUT2D eigenvalue weighted by Crippen LogP contribution is 2.19. The van der Waals surface area contributed by atoms with Crippen molar-refractivity contribution in [3.05, 3.63) is 0 Å². The molecule has 0 aromatic heterocycles. The predicted molar refractivity (Wildman–Crippen MR) is 52.6 cm³/mol. The number of thioether (sulfide) groups is 1. The average Bonchev–Trinajstić information content (AvgIpc) is 2.52. The molecule has 1 aliphatic heterocycles. The van der Waals surface area contributed by atoms with E-state index < -0.39 is 12.5 Å². The molecule has 13 heavy (non-hydrogen) atoms. The third kappa shape index (κ3) is 3.14. The fourth-order valence-electron chi connectivity index (χ4n) is 0.961. The first-order valence-electron chi connectivity index (χ1n) is 4.38. The lowest BCUT2D eigenvalue weighted by Gasteiger charge is -2.12. The van der Waals surface area contributed by atoms with Crippen LogP contribution in [-0.4, -0.2) is 29.4 Å². The van der Waals surface area contributed by atoms with Crippen LogP contribution < -0.4 is 5.32 Å². The van der Waals surface area contributed by atoms with E-state index in [1.807, 2.05) is 6.92 Å². The molecule has 0 bridgehead atoms. The summed E-state index contributed by atoms with van der Waals surface area (Å²) in [7, 11) is 0. The van der Waals surface area contributed by atoms with Crippen LogP contribution in [0.25, 0.3) is 0 Å². The van der Waals surface area contributed by atoms with Gasteiger partial charge in [-0.05, 0) is 13.3 Å². The molecule has 2 nitrogen and oxygen atoms in total. The number of hydrogen-bond donors (Lipinski definition) is 1. The van der Waals surface area contributed by atoms with Crippen LogP contribution in [0.3, 0.4) is 0 Å². The van der Waals surface area contributed by atoms with Crippen molar-refractivity contribution >= 4 is 16.9 Å². The van der Waals surface area contributed by atoms with Gasteiger partial charge in [0, 0.05) is 5.75 Å². The predicted octanol–water partition coefficient (Wildman–Crippen LogP) is 2.11. The summed E-state index contributed by atoms with van der Waals surface area (Å²) in [5.74, 6) is 0.911. The number of hydrogen-bond acceptors (Lipinski definition) is 3. The van der Waals surface area contributed by atoms with E-state index in [4.69, 9.17) is 0 Å². The van der Waals surface area contributed by atoms with Crippen LogP contribution in [0.15, 0.2) is 4.99 Å². The normalized spacial score (nSPS) is 24.7. The first-order valence-corrected chi connectivity index (χ1v) is 5.37. The Labute approximate surface area is 81.2 Å². The third-order valence-electron chi connectivity index (χ3n) is 1.91. The number of alkyl halides is 2. The topological polar surface area (TPSA) is 24.4 Å². The largest absolute Gasteiger partial charge is 0.357 e. The molecule has 0 saturated carbocycles. The van der Waals surface area contributed by atoms with Crippen molar-refractivity contribution in [2.75, 3.05) is 5.75 Å². The van der Waals surface area contributed by atoms with Crippen molar-refractivity contribution in [3.8, 4) is 0 Å². The minimum Gasteiger partial charge on any atom is -0.357 e. The van der Waals surface area contributed by atoms with Gasteiger partial charge >= 0.3 is 0 Å². The van der Waals surface area contributed by atoms with Crippen LogP contribution in [-0.2, 0) is 0 Å². The molecule has 1 N–H and O–H groups in total. The molecule has 0 saturated heterocycles. The van der Waals surface area contributed by atoms with Crippen LogP contribution in [0.4, 0.5) is 8.78 Å². The summed E-state index contributed by atoms with van der Waals surface area (Å²) in [4.78, 5) is 4.26. The lowest BCUT2D eigenvalue weighted by atomic mass is 10.3. The first-order chi connectivity index (χ1) is 6.13. The van der Waals surface area contributed by atoms with Crippen LogP contribution in [0, 0.1) is 0 Å². The highest BCUT2D eigenvalue weighted by molar-refractivity contribution is 8.14. The molecule has 76 valence electrons. The van der Waals surface area contributed by atoms with Crippen molar-refractivity contribution in [1.82, 2.24) is 5.32 Å². The zero-order valence-corrected chi connectivity index (χ0v) is 8.57. The van der Waals surface area contributed by atoms with Crippen molar-refractivity contribution in [3.63, 3.8) is 0 Å². The van der Waals surface area contributed by atoms with E-state index in [1.54, 1.807) is 0 Å². The molecule has 0 radical (unpaired) electrons. The first kappa shape index (κ1) is 10.8. The number of amidine groups is 1. The maximum Gasteiger partial charge on any atom is 0.258 e. The van der Waals surface area contributed by atoms with E-state index in [1.165, 1.54) is 18.7 Å². The van der Waals surface area contributed by atoms with Gasteiger partial charge in [-0.3, -0.25) is 4.99 Å². The van der Waals surface area contributed by atoms with E-state index in [0.29, 0.717) is 11.2 Å². The quantitative estimate of drug-likeness (QED) is 0.768. The van der Waals surface area contributed by atoms with Gasteiger partial charge in [-0.1, -0.05) is 18.7 Å². The van der Waals surface area contributed by atoms with Crippen molar-refractivity contribution < 1.29 is 8.78 Å². The fraction of sp³-hybridized carbons (Fsp3) is 0.875. The lowest BCUT2D eigenvalue weighted by molar-refractivity contribution is 0.115. The summed E-state index contributed by atoms with van der Waals surface area (Å²) in [6.45, 7) is 3.52. The van der Waals surface area contributed by atoms with Crippen molar-refractivity contribution in [1.29, 1.82) is 0 Å². The molecule has 1 rings (SSSR count). The van der Waals surface area contributed by atoms with Crippen molar-refractivity contribution in [2.45, 2.75) is 38.8 Å². The molecule has 1 aliphatic rings. The Morgan fingerprint density at radius 3 is 2.85 bits per heavy atom. The number of aliphatic imine (C=N–C) groups is 1. The number of nitrogens with one attached hydrogen (secondary N) is 1. The standard InChI is InChI=1S/C8H14F2N2S/c1-3-6-4-13-8(12-6)11-5(2)7(9)10/h5-7H,3-4H2,1-2H3,(H,11,12). The second kappa shape index (κ2) is 4.79. The maximum absolute atomic E-state index is 12.1. The highest BCUT2D eigenvalue weighted by atomic mass is 32.2. The molecule has 5 heteroatoms. The summed E-state index contributed by atoms with van der Waals surface area (Å²) >= 11 is 1.53. The Kier molecular flexibility index (Phi) is 3.96.